The van der Waals surface area contributed by atoms with Gasteiger partial charge in [-0.3, -0.25) is 4.79 Å². The first kappa shape index (κ1) is 15.7. The first-order chi connectivity index (χ1) is 8.81. The Morgan fingerprint density at radius 3 is 2.37 bits per heavy atom. The Balaban J connectivity index is 2.60. The molecular formula is C16H25NO2. The molecule has 0 aliphatic carbocycles. The number of aliphatic carboxylic acids is 1. The van der Waals surface area contributed by atoms with Crippen LogP contribution in [0, 0.1) is 26.7 Å². The number of carboxylic acid groups (broad SMARTS) is 1. The Morgan fingerprint density at radius 1 is 1.21 bits per heavy atom. The lowest BCUT2D eigenvalue weighted by molar-refractivity contribution is -0.141. The van der Waals surface area contributed by atoms with E-state index in [-0.39, 0.29) is 5.92 Å². The Morgan fingerprint density at radius 2 is 1.79 bits per heavy atom. The highest BCUT2D eigenvalue weighted by Gasteiger charge is 2.12. The van der Waals surface area contributed by atoms with Gasteiger partial charge in [0.1, 0.15) is 0 Å². The molecule has 1 atom stereocenters. The van der Waals surface area contributed by atoms with Crippen molar-refractivity contribution >= 4 is 5.97 Å². The van der Waals surface area contributed by atoms with Gasteiger partial charge in [-0.15, -0.1) is 0 Å². The van der Waals surface area contributed by atoms with Gasteiger partial charge in [0.2, 0.25) is 0 Å². The molecule has 0 aromatic heterocycles. The van der Waals surface area contributed by atoms with Crippen LogP contribution in [-0.4, -0.2) is 29.6 Å². The number of hydrogen-bond donors (Lipinski definition) is 1. The molecule has 1 aromatic carbocycles. The van der Waals surface area contributed by atoms with Gasteiger partial charge >= 0.3 is 5.97 Å². The summed E-state index contributed by atoms with van der Waals surface area (Å²) in [6.45, 7) is 9.83. The second-order valence-corrected chi connectivity index (χ2v) is 5.63. The van der Waals surface area contributed by atoms with Gasteiger partial charge < -0.3 is 10.0 Å². The molecule has 1 unspecified atom stereocenters. The van der Waals surface area contributed by atoms with Crippen molar-refractivity contribution in [3.8, 4) is 0 Å². The van der Waals surface area contributed by atoms with E-state index in [2.05, 4.69) is 37.8 Å². The molecule has 19 heavy (non-hydrogen) atoms. The Hall–Kier alpha value is -1.35. The summed E-state index contributed by atoms with van der Waals surface area (Å²) >= 11 is 0. The SMILES string of the molecule is Cc1cc(C)c(CN(C)CCC(C)C(=O)O)cc1C. The van der Waals surface area contributed by atoms with Crippen molar-refractivity contribution in [3.05, 3.63) is 34.4 Å². The van der Waals surface area contributed by atoms with Crippen molar-refractivity contribution in [2.75, 3.05) is 13.6 Å². The molecule has 0 fully saturated rings. The molecule has 0 aliphatic heterocycles. The molecule has 0 bridgehead atoms. The van der Waals surface area contributed by atoms with Crippen LogP contribution in [0.2, 0.25) is 0 Å². The monoisotopic (exact) mass is 263 g/mol. The predicted octanol–water partition coefficient (Wildman–Crippen LogP) is 3.15. The van der Waals surface area contributed by atoms with Crippen molar-refractivity contribution in [2.24, 2.45) is 5.92 Å². The van der Waals surface area contributed by atoms with Crippen LogP contribution in [-0.2, 0) is 11.3 Å². The van der Waals surface area contributed by atoms with Gasteiger partial charge in [0.15, 0.2) is 0 Å². The van der Waals surface area contributed by atoms with Crippen LogP contribution in [0.1, 0.15) is 35.6 Å². The lowest BCUT2D eigenvalue weighted by Crippen LogP contribution is -2.23. The molecule has 106 valence electrons. The predicted molar refractivity (Wildman–Crippen MR) is 78.4 cm³/mol. The van der Waals surface area contributed by atoms with Crippen LogP contribution in [0.25, 0.3) is 0 Å². The maximum absolute atomic E-state index is 10.8. The van der Waals surface area contributed by atoms with E-state index >= 15 is 0 Å². The summed E-state index contributed by atoms with van der Waals surface area (Å²) < 4.78 is 0. The molecule has 0 spiro atoms. The molecule has 0 aliphatic rings. The molecule has 1 N–H and O–H groups in total. The lowest BCUT2D eigenvalue weighted by atomic mass is 10.0. The van der Waals surface area contributed by atoms with E-state index in [1.807, 2.05) is 7.05 Å². The molecule has 3 nitrogen and oxygen atoms in total. The van der Waals surface area contributed by atoms with Gasteiger partial charge in [-0.2, -0.15) is 0 Å². The Kier molecular flexibility index (Phi) is 5.55. The molecule has 1 rings (SSSR count). The summed E-state index contributed by atoms with van der Waals surface area (Å²) in [5, 5.41) is 8.88. The Bertz CT molecular complexity index is 454. The van der Waals surface area contributed by atoms with E-state index in [1.54, 1.807) is 6.92 Å². The smallest absolute Gasteiger partial charge is 0.306 e. The van der Waals surface area contributed by atoms with Crippen LogP contribution in [0.3, 0.4) is 0 Å². The van der Waals surface area contributed by atoms with Crippen LogP contribution in [0.15, 0.2) is 12.1 Å². The summed E-state index contributed by atoms with van der Waals surface area (Å²) in [6, 6.07) is 4.46. The minimum Gasteiger partial charge on any atom is -0.481 e. The average molecular weight is 263 g/mol. The summed E-state index contributed by atoms with van der Waals surface area (Å²) in [5.74, 6) is -0.987. The molecule has 0 saturated heterocycles. The van der Waals surface area contributed by atoms with E-state index in [0.29, 0.717) is 6.42 Å². The molecular weight excluding hydrogens is 238 g/mol. The fourth-order valence-corrected chi connectivity index (χ4v) is 2.10. The van der Waals surface area contributed by atoms with Crippen molar-refractivity contribution in [1.82, 2.24) is 4.90 Å². The van der Waals surface area contributed by atoms with Crippen molar-refractivity contribution in [3.63, 3.8) is 0 Å². The maximum Gasteiger partial charge on any atom is 0.306 e. The molecule has 0 amide bonds. The summed E-state index contributed by atoms with van der Waals surface area (Å²) in [6.07, 6.45) is 0.690. The number of carboxylic acids is 1. The second-order valence-electron chi connectivity index (χ2n) is 5.63. The third kappa shape index (κ3) is 4.67. The van der Waals surface area contributed by atoms with Crippen LogP contribution >= 0.6 is 0 Å². The number of nitrogens with zero attached hydrogens (tertiary/aromatic N) is 1. The molecule has 0 heterocycles. The zero-order chi connectivity index (χ0) is 14.6. The van der Waals surface area contributed by atoms with Gasteiger partial charge in [0, 0.05) is 6.54 Å². The zero-order valence-electron chi connectivity index (χ0n) is 12.7. The topological polar surface area (TPSA) is 40.5 Å². The van der Waals surface area contributed by atoms with E-state index in [4.69, 9.17) is 5.11 Å². The molecule has 0 radical (unpaired) electrons. The van der Waals surface area contributed by atoms with E-state index in [9.17, 15) is 4.79 Å². The van der Waals surface area contributed by atoms with Crippen molar-refractivity contribution in [2.45, 2.75) is 40.7 Å². The zero-order valence-corrected chi connectivity index (χ0v) is 12.7. The fourth-order valence-electron chi connectivity index (χ4n) is 2.10. The third-order valence-electron chi connectivity index (χ3n) is 3.76. The molecule has 3 heteroatoms. The highest BCUT2D eigenvalue weighted by atomic mass is 16.4. The van der Waals surface area contributed by atoms with Gasteiger partial charge in [0.05, 0.1) is 5.92 Å². The highest BCUT2D eigenvalue weighted by Crippen LogP contribution is 2.17. The summed E-state index contributed by atoms with van der Waals surface area (Å²) in [5.41, 5.74) is 5.27. The minimum absolute atomic E-state index is 0.275. The average Bonchev–Trinajstić information content (AvgIpc) is 2.32. The minimum atomic E-state index is -0.712. The number of benzene rings is 1. The van der Waals surface area contributed by atoms with Gasteiger partial charge in [0.25, 0.3) is 0 Å². The standard InChI is InChI=1S/C16H25NO2/c1-11(16(18)19)6-7-17(5)10-15-9-13(3)12(2)8-14(15)4/h8-9,11H,6-7,10H2,1-5H3,(H,18,19). The number of hydrogen-bond acceptors (Lipinski definition) is 2. The maximum atomic E-state index is 10.8. The lowest BCUT2D eigenvalue weighted by Gasteiger charge is -2.20. The van der Waals surface area contributed by atoms with Crippen LogP contribution < -0.4 is 0 Å². The van der Waals surface area contributed by atoms with E-state index in [0.717, 1.165) is 13.1 Å². The number of aryl methyl sites for hydroxylation is 3. The molecule has 0 saturated carbocycles. The first-order valence-electron chi connectivity index (χ1n) is 6.79. The van der Waals surface area contributed by atoms with Crippen molar-refractivity contribution in [1.29, 1.82) is 0 Å². The van der Waals surface area contributed by atoms with Gasteiger partial charge in [-0.05, 0) is 63.0 Å². The Labute approximate surface area is 116 Å². The fraction of sp³-hybridized carbons (Fsp3) is 0.562. The van der Waals surface area contributed by atoms with Crippen molar-refractivity contribution < 1.29 is 9.90 Å². The third-order valence-corrected chi connectivity index (χ3v) is 3.76. The van der Waals surface area contributed by atoms with Gasteiger partial charge in [-0.25, -0.2) is 0 Å². The van der Waals surface area contributed by atoms with Gasteiger partial charge in [-0.1, -0.05) is 19.1 Å². The number of rotatable bonds is 6. The van der Waals surface area contributed by atoms with Crippen LogP contribution in [0.5, 0.6) is 0 Å². The molecule has 1 aromatic rings. The largest absolute Gasteiger partial charge is 0.481 e. The summed E-state index contributed by atoms with van der Waals surface area (Å²) in [7, 11) is 2.04. The van der Waals surface area contributed by atoms with E-state index < -0.39 is 5.97 Å². The second kappa shape index (κ2) is 6.71. The number of carbonyl (C=O) groups is 1. The van der Waals surface area contributed by atoms with Crippen LogP contribution in [0.4, 0.5) is 0 Å². The first-order valence-corrected chi connectivity index (χ1v) is 6.79. The van der Waals surface area contributed by atoms with E-state index in [1.165, 1.54) is 22.3 Å². The summed E-state index contributed by atoms with van der Waals surface area (Å²) in [4.78, 5) is 13.0. The normalized spacial score (nSPS) is 12.7. The quantitative estimate of drug-likeness (QED) is 0.857. The highest BCUT2D eigenvalue weighted by molar-refractivity contribution is 5.69.